The van der Waals surface area contributed by atoms with Crippen molar-refractivity contribution in [1.29, 1.82) is 0 Å². The quantitative estimate of drug-likeness (QED) is 0.575. The third-order valence-corrected chi connectivity index (χ3v) is 6.91. The average molecular weight is 473 g/mol. The van der Waals surface area contributed by atoms with Crippen LogP contribution < -0.4 is 0 Å². The van der Waals surface area contributed by atoms with Gasteiger partial charge in [0.25, 0.3) is 5.91 Å². The summed E-state index contributed by atoms with van der Waals surface area (Å²) in [7, 11) is 0. The molecule has 3 heterocycles. The SMILES string of the molecule is CC1CN(C(=O)C2CCN(C(=O)c3cccc(-n4nccc4-c4ccccc4)c3)CC2)CC(C)O1. The van der Waals surface area contributed by atoms with Crippen LogP contribution in [0.2, 0.25) is 0 Å². The summed E-state index contributed by atoms with van der Waals surface area (Å²) in [5, 5.41) is 4.50. The number of ether oxygens (including phenoxy) is 1. The number of carbonyl (C=O) groups is 2. The minimum atomic E-state index is -0.0274. The highest BCUT2D eigenvalue weighted by Crippen LogP contribution is 2.25. The molecule has 7 nitrogen and oxygen atoms in total. The Morgan fingerprint density at radius 2 is 1.60 bits per heavy atom. The molecule has 2 aliphatic heterocycles. The van der Waals surface area contributed by atoms with Crippen molar-refractivity contribution in [3.8, 4) is 16.9 Å². The molecule has 0 spiro atoms. The molecule has 182 valence electrons. The molecular formula is C28H32N4O3. The smallest absolute Gasteiger partial charge is 0.253 e. The lowest BCUT2D eigenvalue weighted by atomic mass is 9.94. The summed E-state index contributed by atoms with van der Waals surface area (Å²) in [5.41, 5.74) is 3.52. The highest BCUT2D eigenvalue weighted by molar-refractivity contribution is 5.95. The molecule has 0 bridgehead atoms. The molecule has 35 heavy (non-hydrogen) atoms. The van der Waals surface area contributed by atoms with E-state index in [4.69, 9.17) is 4.74 Å². The van der Waals surface area contributed by atoms with Gasteiger partial charge in [0.05, 0.1) is 29.8 Å². The van der Waals surface area contributed by atoms with E-state index < -0.39 is 0 Å². The van der Waals surface area contributed by atoms with Gasteiger partial charge in [-0.15, -0.1) is 0 Å². The summed E-state index contributed by atoms with van der Waals surface area (Å²) in [5.74, 6) is 0.174. The molecule has 2 saturated heterocycles. The average Bonchev–Trinajstić information content (AvgIpc) is 3.38. The zero-order chi connectivity index (χ0) is 24.4. The van der Waals surface area contributed by atoms with Gasteiger partial charge in [-0.25, -0.2) is 4.68 Å². The lowest BCUT2D eigenvalue weighted by Gasteiger charge is -2.39. The van der Waals surface area contributed by atoms with Crippen molar-refractivity contribution in [2.75, 3.05) is 26.2 Å². The van der Waals surface area contributed by atoms with Crippen molar-refractivity contribution >= 4 is 11.8 Å². The molecule has 0 radical (unpaired) electrons. The summed E-state index contributed by atoms with van der Waals surface area (Å²) in [4.78, 5) is 30.2. The molecule has 3 aromatic rings. The van der Waals surface area contributed by atoms with Crippen LogP contribution in [0.3, 0.4) is 0 Å². The maximum Gasteiger partial charge on any atom is 0.253 e. The summed E-state index contributed by atoms with van der Waals surface area (Å²) in [6.07, 6.45) is 3.29. The fourth-order valence-corrected chi connectivity index (χ4v) is 5.24. The van der Waals surface area contributed by atoms with E-state index in [1.807, 2.05) is 89.0 Å². The van der Waals surface area contributed by atoms with Gasteiger partial charge in [0.1, 0.15) is 0 Å². The molecule has 2 aromatic carbocycles. The number of amides is 2. The van der Waals surface area contributed by atoms with Crippen molar-refractivity contribution in [3.05, 3.63) is 72.4 Å². The summed E-state index contributed by atoms with van der Waals surface area (Å²) in [6.45, 7) is 6.49. The number of morpholine rings is 1. The van der Waals surface area contributed by atoms with Crippen LogP contribution in [-0.2, 0) is 9.53 Å². The molecule has 0 aliphatic carbocycles. The normalized spacial score (nSPS) is 21.2. The van der Waals surface area contributed by atoms with E-state index in [0.29, 0.717) is 44.6 Å². The van der Waals surface area contributed by atoms with E-state index in [0.717, 1.165) is 16.9 Å². The number of nitrogens with zero attached hydrogens (tertiary/aromatic N) is 4. The van der Waals surface area contributed by atoms with Crippen LogP contribution in [0, 0.1) is 5.92 Å². The first kappa shape index (κ1) is 23.3. The summed E-state index contributed by atoms with van der Waals surface area (Å²) in [6, 6.07) is 19.7. The van der Waals surface area contributed by atoms with Gasteiger partial charge in [-0.2, -0.15) is 5.10 Å². The van der Waals surface area contributed by atoms with E-state index in [1.165, 1.54) is 0 Å². The molecule has 2 atom stereocenters. The molecule has 2 amide bonds. The Bertz CT molecular complexity index is 1170. The molecule has 0 N–H and O–H groups in total. The first-order valence-corrected chi connectivity index (χ1v) is 12.4. The molecular weight excluding hydrogens is 440 g/mol. The van der Waals surface area contributed by atoms with Crippen LogP contribution in [0.25, 0.3) is 16.9 Å². The zero-order valence-electron chi connectivity index (χ0n) is 20.3. The van der Waals surface area contributed by atoms with E-state index in [1.54, 1.807) is 6.20 Å². The Kier molecular flexibility index (Phi) is 6.68. The Morgan fingerprint density at radius 3 is 2.31 bits per heavy atom. The van der Waals surface area contributed by atoms with Crippen LogP contribution in [0.15, 0.2) is 66.9 Å². The standard InChI is InChI=1S/C28H32N4O3/c1-20-18-31(19-21(2)35-20)27(33)23-12-15-30(16-13-23)28(34)24-9-6-10-25(17-24)32-26(11-14-29-32)22-7-4-3-5-8-22/h3-11,14,17,20-21,23H,12-13,15-16,18-19H2,1-2H3. The van der Waals surface area contributed by atoms with Gasteiger partial charge in [-0.05, 0) is 51.0 Å². The molecule has 2 fully saturated rings. The van der Waals surface area contributed by atoms with Gasteiger partial charge in [-0.3, -0.25) is 9.59 Å². The van der Waals surface area contributed by atoms with E-state index in [9.17, 15) is 9.59 Å². The van der Waals surface area contributed by atoms with Gasteiger partial charge >= 0.3 is 0 Å². The number of hydrogen-bond donors (Lipinski definition) is 0. The van der Waals surface area contributed by atoms with Crippen molar-refractivity contribution in [1.82, 2.24) is 19.6 Å². The van der Waals surface area contributed by atoms with Crippen molar-refractivity contribution in [2.24, 2.45) is 5.92 Å². The highest BCUT2D eigenvalue weighted by atomic mass is 16.5. The minimum Gasteiger partial charge on any atom is -0.372 e. The molecule has 5 rings (SSSR count). The first-order chi connectivity index (χ1) is 17.0. The predicted molar refractivity (Wildman–Crippen MR) is 134 cm³/mol. The first-order valence-electron chi connectivity index (χ1n) is 12.4. The fraction of sp³-hybridized carbons (Fsp3) is 0.393. The number of rotatable bonds is 4. The van der Waals surface area contributed by atoms with E-state index >= 15 is 0 Å². The van der Waals surface area contributed by atoms with Crippen molar-refractivity contribution in [3.63, 3.8) is 0 Å². The second-order valence-corrected chi connectivity index (χ2v) is 9.61. The van der Waals surface area contributed by atoms with Crippen LogP contribution >= 0.6 is 0 Å². The molecule has 2 unspecified atom stereocenters. The monoisotopic (exact) mass is 472 g/mol. The third kappa shape index (κ3) is 5.00. The van der Waals surface area contributed by atoms with Crippen LogP contribution in [0.1, 0.15) is 37.0 Å². The Labute approximate surface area is 206 Å². The van der Waals surface area contributed by atoms with Gasteiger partial charge in [0.2, 0.25) is 5.91 Å². The zero-order valence-corrected chi connectivity index (χ0v) is 20.3. The largest absolute Gasteiger partial charge is 0.372 e. The number of aromatic nitrogens is 2. The van der Waals surface area contributed by atoms with Crippen LogP contribution in [0.4, 0.5) is 0 Å². The van der Waals surface area contributed by atoms with E-state index in [-0.39, 0.29) is 29.9 Å². The van der Waals surface area contributed by atoms with Crippen molar-refractivity contribution < 1.29 is 14.3 Å². The molecule has 1 aromatic heterocycles. The molecule has 2 aliphatic rings. The summed E-state index contributed by atoms with van der Waals surface area (Å²) < 4.78 is 7.63. The Morgan fingerprint density at radius 1 is 0.886 bits per heavy atom. The van der Waals surface area contributed by atoms with Gasteiger partial charge < -0.3 is 14.5 Å². The van der Waals surface area contributed by atoms with Gasteiger partial charge in [0.15, 0.2) is 0 Å². The number of piperidine rings is 1. The minimum absolute atomic E-state index is 0.000201. The topological polar surface area (TPSA) is 67.7 Å². The Hall–Kier alpha value is -3.45. The van der Waals surface area contributed by atoms with Crippen LogP contribution in [0.5, 0.6) is 0 Å². The van der Waals surface area contributed by atoms with Gasteiger partial charge in [0, 0.05) is 43.2 Å². The number of likely N-dealkylation sites (tertiary alicyclic amines) is 1. The van der Waals surface area contributed by atoms with Crippen molar-refractivity contribution in [2.45, 2.75) is 38.9 Å². The maximum absolute atomic E-state index is 13.3. The van der Waals surface area contributed by atoms with E-state index in [2.05, 4.69) is 5.10 Å². The van der Waals surface area contributed by atoms with Crippen LogP contribution in [-0.4, -0.2) is 69.8 Å². The molecule has 7 heteroatoms. The number of benzene rings is 2. The Balaban J connectivity index is 1.25. The third-order valence-electron chi connectivity index (χ3n) is 6.91. The molecule has 0 saturated carbocycles. The fourth-order valence-electron chi connectivity index (χ4n) is 5.24. The lowest BCUT2D eigenvalue weighted by molar-refractivity contribution is -0.148. The second-order valence-electron chi connectivity index (χ2n) is 9.61. The highest BCUT2D eigenvalue weighted by Gasteiger charge is 2.33. The maximum atomic E-state index is 13.3. The number of hydrogen-bond acceptors (Lipinski definition) is 4. The lowest BCUT2D eigenvalue weighted by Crippen LogP contribution is -2.51. The number of carbonyl (C=O) groups excluding carboxylic acids is 2. The summed E-state index contributed by atoms with van der Waals surface area (Å²) >= 11 is 0. The predicted octanol–water partition coefficient (Wildman–Crippen LogP) is 4.03. The second kappa shape index (κ2) is 10.0. The van der Waals surface area contributed by atoms with Gasteiger partial charge in [-0.1, -0.05) is 36.4 Å².